The zero-order chi connectivity index (χ0) is 20.2. The van der Waals surface area contributed by atoms with Gasteiger partial charge in [0.15, 0.2) is 10.8 Å². The minimum absolute atomic E-state index is 0.0847. The molecule has 0 bridgehead atoms. The first kappa shape index (κ1) is 19.7. The summed E-state index contributed by atoms with van der Waals surface area (Å²) < 4.78 is 0. The van der Waals surface area contributed by atoms with Gasteiger partial charge < -0.3 is 5.32 Å². The lowest BCUT2D eigenvalue weighted by atomic mass is 10.0. The monoisotopic (exact) mass is 407 g/mol. The number of benzene rings is 1. The van der Waals surface area contributed by atoms with E-state index in [4.69, 9.17) is 0 Å². The molecule has 6 nitrogen and oxygen atoms in total. The normalized spacial score (nSPS) is 15.4. The maximum atomic E-state index is 12.9. The molecule has 1 N–H and O–H groups in total. The Morgan fingerprint density at radius 3 is 2.52 bits per heavy atom. The Balaban J connectivity index is 1.49. The molecule has 0 spiro atoms. The molecular formula is C22H25N5OS. The Labute approximate surface area is 175 Å². The van der Waals surface area contributed by atoms with Crippen LogP contribution in [-0.4, -0.2) is 45.4 Å². The third-order valence-corrected chi connectivity index (χ3v) is 6.41. The van der Waals surface area contributed by atoms with E-state index in [1.807, 2.05) is 6.92 Å². The van der Waals surface area contributed by atoms with Crippen molar-refractivity contribution in [3.8, 4) is 10.8 Å². The molecule has 4 rings (SSSR count). The summed E-state index contributed by atoms with van der Waals surface area (Å²) in [4.78, 5) is 29.0. The standard InChI is InChI=1S/C22H25N5OS/c1-15-6-8-17(9-7-15)18(27-12-3-4-13-27)14-25-21(28)19-16(2)26-22(29-19)20-23-10-5-11-24-20/h5-11,18H,3-4,12-14H2,1-2H3,(H,25,28). The van der Waals surface area contributed by atoms with Crippen LogP contribution >= 0.6 is 11.3 Å². The number of aryl methyl sites for hydroxylation is 2. The zero-order valence-corrected chi connectivity index (χ0v) is 17.6. The van der Waals surface area contributed by atoms with E-state index in [0.717, 1.165) is 13.1 Å². The van der Waals surface area contributed by atoms with Crippen molar-refractivity contribution in [3.63, 3.8) is 0 Å². The maximum absolute atomic E-state index is 12.9. The number of nitrogens with one attached hydrogen (secondary N) is 1. The number of thiazole rings is 1. The molecule has 2 aromatic heterocycles. The molecule has 1 atom stereocenters. The minimum Gasteiger partial charge on any atom is -0.349 e. The molecule has 29 heavy (non-hydrogen) atoms. The molecule has 150 valence electrons. The molecule has 0 aliphatic carbocycles. The van der Waals surface area contributed by atoms with Gasteiger partial charge in [-0.1, -0.05) is 29.8 Å². The van der Waals surface area contributed by atoms with Gasteiger partial charge in [0.1, 0.15) is 4.88 Å². The molecule has 1 aliphatic heterocycles. The molecule has 0 radical (unpaired) electrons. The number of nitrogens with zero attached hydrogens (tertiary/aromatic N) is 4. The molecule has 0 saturated carbocycles. The molecule has 3 aromatic rings. The summed E-state index contributed by atoms with van der Waals surface area (Å²) in [6, 6.07) is 10.6. The molecule has 1 aromatic carbocycles. The first-order valence-electron chi connectivity index (χ1n) is 9.95. The van der Waals surface area contributed by atoms with E-state index in [1.165, 1.54) is 35.3 Å². The second kappa shape index (κ2) is 8.80. The number of likely N-dealkylation sites (tertiary alicyclic amines) is 1. The van der Waals surface area contributed by atoms with Gasteiger partial charge in [0.2, 0.25) is 0 Å². The average molecular weight is 408 g/mol. The predicted octanol–water partition coefficient (Wildman–Crippen LogP) is 3.78. The topological polar surface area (TPSA) is 71.0 Å². The summed E-state index contributed by atoms with van der Waals surface area (Å²) in [5.41, 5.74) is 3.20. The Hall–Kier alpha value is -2.64. The molecule has 1 aliphatic rings. The summed E-state index contributed by atoms with van der Waals surface area (Å²) in [6.07, 6.45) is 5.79. The van der Waals surface area contributed by atoms with E-state index in [0.29, 0.717) is 27.9 Å². The molecule has 7 heteroatoms. The summed E-state index contributed by atoms with van der Waals surface area (Å²) >= 11 is 1.34. The van der Waals surface area contributed by atoms with Crippen molar-refractivity contribution in [2.45, 2.75) is 32.7 Å². The van der Waals surface area contributed by atoms with Crippen LogP contribution in [0.4, 0.5) is 0 Å². The van der Waals surface area contributed by atoms with E-state index in [9.17, 15) is 4.79 Å². The number of amides is 1. The fourth-order valence-electron chi connectivity index (χ4n) is 3.68. The smallest absolute Gasteiger partial charge is 0.263 e. The van der Waals surface area contributed by atoms with Crippen LogP contribution in [0, 0.1) is 13.8 Å². The quantitative estimate of drug-likeness (QED) is 0.673. The minimum atomic E-state index is -0.0847. The van der Waals surface area contributed by atoms with Gasteiger partial charge in [-0.2, -0.15) is 0 Å². The van der Waals surface area contributed by atoms with E-state index in [-0.39, 0.29) is 11.9 Å². The Morgan fingerprint density at radius 1 is 1.14 bits per heavy atom. The van der Waals surface area contributed by atoms with Crippen molar-refractivity contribution < 1.29 is 4.79 Å². The van der Waals surface area contributed by atoms with Crippen LogP contribution in [0.25, 0.3) is 10.8 Å². The fourth-order valence-corrected chi connectivity index (χ4v) is 4.61. The predicted molar refractivity (Wildman–Crippen MR) is 115 cm³/mol. The van der Waals surface area contributed by atoms with Crippen molar-refractivity contribution in [2.75, 3.05) is 19.6 Å². The molecule has 1 saturated heterocycles. The second-order valence-electron chi connectivity index (χ2n) is 7.39. The largest absolute Gasteiger partial charge is 0.349 e. The summed E-state index contributed by atoms with van der Waals surface area (Å²) in [7, 11) is 0. The second-order valence-corrected chi connectivity index (χ2v) is 8.38. The van der Waals surface area contributed by atoms with Crippen LogP contribution < -0.4 is 5.32 Å². The molecule has 1 fully saturated rings. The highest BCUT2D eigenvalue weighted by Crippen LogP contribution is 2.27. The molecule has 3 heterocycles. The van der Waals surface area contributed by atoms with Crippen LogP contribution in [0.3, 0.4) is 0 Å². The van der Waals surface area contributed by atoms with E-state index < -0.39 is 0 Å². The molecular weight excluding hydrogens is 382 g/mol. The number of carbonyl (C=O) groups is 1. The van der Waals surface area contributed by atoms with Crippen molar-refractivity contribution in [3.05, 3.63) is 64.4 Å². The highest BCUT2D eigenvalue weighted by Gasteiger charge is 2.25. The van der Waals surface area contributed by atoms with Crippen LogP contribution in [0.5, 0.6) is 0 Å². The first-order chi connectivity index (χ1) is 14.1. The fraction of sp³-hybridized carbons (Fsp3) is 0.364. The van der Waals surface area contributed by atoms with Crippen molar-refractivity contribution in [2.24, 2.45) is 0 Å². The number of hydrogen-bond donors (Lipinski definition) is 1. The SMILES string of the molecule is Cc1ccc(C(CNC(=O)c2sc(-c3ncccn3)nc2C)N2CCCC2)cc1. The zero-order valence-electron chi connectivity index (χ0n) is 16.8. The maximum Gasteiger partial charge on any atom is 0.263 e. The molecule has 1 amide bonds. The number of hydrogen-bond acceptors (Lipinski definition) is 6. The third-order valence-electron chi connectivity index (χ3n) is 5.26. The van der Waals surface area contributed by atoms with Gasteiger partial charge >= 0.3 is 0 Å². The Morgan fingerprint density at radius 2 is 1.83 bits per heavy atom. The van der Waals surface area contributed by atoms with Crippen LogP contribution in [0.2, 0.25) is 0 Å². The van der Waals surface area contributed by atoms with Gasteiger partial charge in [-0.3, -0.25) is 9.69 Å². The van der Waals surface area contributed by atoms with Gasteiger partial charge in [0.25, 0.3) is 5.91 Å². The van der Waals surface area contributed by atoms with Crippen molar-refractivity contribution >= 4 is 17.2 Å². The first-order valence-corrected chi connectivity index (χ1v) is 10.8. The number of carbonyl (C=O) groups excluding carboxylic acids is 1. The highest BCUT2D eigenvalue weighted by molar-refractivity contribution is 7.17. The van der Waals surface area contributed by atoms with Gasteiger partial charge in [0.05, 0.1) is 11.7 Å². The van der Waals surface area contributed by atoms with Crippen molar-refractivity contribution in [1.29, 1.82) is 0 Å². The van der Waals surface area contributed by atoms with Gasteiger partial charge in [-0.25, -0.2) is 15.0 Å². The Bertz CT molecular complexity index is 965. The van der Waals surface area contributed by atoms with Gasteiger partial charge in [0, 0.05) is 18.9 Å². The van der Waals surface area contributed by atoms with E-state index in [1.54, 1.807) is 18.5 Å². The van der Waals surface area contributed by atoms with E-state index >= 15 is 0 Å². The number of rotatable bonds is 6. The third kappa shape index (κ3) is 4.52. The molecule has 1 unspecified atom stereocenters. The average Bonchev–Trinajstić information content (AvgIpc) is 3.40. The van der Waals surface area contributed by atoms with Gasteiger partial charge in [-0.05, 0) is 51.4 Å². The lowest BCUT2D eigenvalue weighted by Crippen LogP contribution is -2.36. The van der Waals surface area contributed by atoms with Crippen LogP contribution in [0.15, 0.2) is 42.7 Å². The van der Waals surface area contributed by atoms with Gasteiger partial charge in [-0.15, -0.1) is 11.3 Å². The lowest BCUT2D eigenvalue weighted by molar-refractivity contribution is 0.0941. The lowest BCUT2D eigenvalue weighted by Gasteiger charge is -2.28. The Kier molecular flexibility index (Phi) is 5.97. The summed E-state index contributed by atoms with van der Waals surface area (Å²) in [5.74, 6) is 0.465. The summed E-state index contributed by atoms with van der Waals surface area (Å²) in [6.45, 7) is 6.68. The van der Waals surface area contributed by atoms with Crippen molar-refractivity contribution in [1.82, 2.24) is 25.2 Å². The van der Waals surface area contributed by atoms with Crippen LogP contribution in [-0.2, 0) is 0 Å². The van der Waals surface area contributed by atoms with E-state index in [2.05, 4.69) is 56.4 Å². The number of aromatic nitrogens is 3. The summed E-state index contributed by atoms with van der Waals surface area (Å²) in [5, 5.41) is 3.81. The van der Waals surface area contributed by atoms with Crippen LogP contribution in [0.1, 0.15) is 45.4 Å². The highest BCUT2D eigenvalue weighted by atomic mass is 32.1.